The first-order chi connectivity index (χ1) is 16.2. The molecule has 4 nitrogen and oxygen atoms in total. The van der Waals surface area contributed by atoms with E-state index in [2.05, 4.69) is 34.2 Å². The van der Waals surface area contributed by atoms with E-state index < -0.39 is 0 Å². The molecule has 0 aliphatic rings. The number of benzene rings is 4. The molecule has 0 saturated carbocycles. The van der Waals surface area contributed by atoms with Crippen LogP contribution in [0.15, 0.2) is 99.8 Å². The number of halogens is 1. The fraction of sp³-hybridized carbons (Fsp3) is 0. The third-order valence-corrected chi connectivity index (χ3v) is 6.22. The van der Waals surface area contributed by atoms with Gasteiger partial charge < -0.3 is 8.83 Å². The Morgan fingerprint density at radius 1 is 0.485 bits per heavy atom. The minimum atomic E-state index is 0.192. The Hall–Kier alpha value is -4.15. The lowest BCUT2D eigenvalue weighted by Gasteiger charge is -2.06. The molecule has 0 amide bonds. The van der Waals surface area contributed by atoms with Crippen molar-refractivity contribution in [2.75, 3.05) is 0 Å². The van der Waals surface area contributed by atoms with Crippen LogP contribution in [0.3, 0.4) is 0 Å². The van der Waals surface area contributed by atoms with E-state index in [4.69, 9.17) is 20.4 Å². The summed E-state index contributed by atoms with van der Waals surface area (Å²) in [4.78, 5) is 8.95. The van der Waals surface area contributed by atoms with Crippen molar-refractivity contribution in [1.29, 1.82) is 0 Å². The van der Waals surface area contributed by atoms with Crippen molar-refractivity contribution in [3.63, 3.8) is 0 Å². The van der Waals surface area contributed by atoms with Crippen LogP contribution in [0.1, 0.15) is 0 Å². The second kappa shape index (κ2) is 6.92. The summed E-state index contributed by atoms with van der Waals surface area (Å²) >= 11 is 6.35. The maximum atomic E-state index is 6.35. The smallest absolute Gasteiger partial charge is 0.223 e. The second-order valence-corrected chi connectivity index (χ2v) is 8.36. The molecule has 4 aromatic carbocycles. The van der Waals surface area contributed by atoms with Crippen molar-refractivity contribution in [3.8, 4) is 22.5 Å². The number of hydrogen-bond acceptors (Lipinski definition) is 4. The van der Waals surface area contributed by atoms with Gasteiger partial charge in [0, 0.05) is 32.7 Å². The Kier molecular flexibility index (Phi) is 3.87. The van der Waals surface area contributed by atoms with Crippen molar-refractivity contribution in [2.45, 2.75) is 0 Å². The first-order valence-corrected chi connectivity index (χ1v) is 11.0. The van der Waals surface area contributed by atoms with Gasteiger partial charge in [-0.3, -0.25) is 0 Å². The van der Waals surface area contributed by atoms with Gasteiger partial charge in [0.2, 0.25) is 5.28 Å². The molecule has 3 heterocycles. The van der Waals surface area contributed by atoms with E-state index in [-0.39, 0.29) is 5.28 Å². The van der Waals surface area contributed by atoms with Gasteiger partial charge in [0.1, 0.15) is 22.3 Å². The summed E-state index contributed by atoms with van der Waals surface area (Å²) in [6.45, 7) is 0. The Balaban J connectivity index is 1.36. The van der Waals surface area contributed by atoms with Gasteiger partial charge in [-0.15, -0.1) is 0 Å². The molecule has 156 valence electrons. The predicted octanol–water partition coefficient (Wildman–Crippen LogP) is 8.26. The molecule has 7 rings (SSSR count). The summed E-state index contributed by atoms with van der Waals surface area (Å²) < 4.78 is 12.1. The van der Waals surface area contributed by atoms with Crippen molar-refractivity contribution >= 4 is 55.5 Å². The first-order valence-electron chi connectivity index (χ1n) is 10.6. The summed E-state index contributed by atoms with van der Waals surface area (Å²) in [7, 11) is 0. The van der Waals surface area contributed by atoms with E-state index in [1.165, 1.54) is 0 Å². The average Bonchev–Trinajstić information content (AvgIpc) is 3.40. The molecule has 0 spiro atoms. The zero-order valence-electron chi connectivity index (χ0n) is 17.2. The standard InChI is InChI=1S/C28H15ClN2O2/c29-28-30-22(16-9-11-20-18-5-1-3-7-24(18)32-26(20)13-16)15-23(31-28)17-10-12-21-19-6-2-4-8-25(19)33-27(21)14-17/h1-15H. The van der Waals surface area contributed by atoms with E-state index in [1.54, 1.807) is 0 Å². The van der Waals surface area contributed by atoms with Crippen molar-refractivity contribution < 1.29 is 8.83 Å². The summed E-state index contributed by atoms with van der Waals surface area (Å²) in [6, 6.07) is 30.2. The number of furan rings is 2. The second-order valence-electron chi connectivity index (χ2n) is 8.03. The van der Waals surface area contributed by atoms with Crippen LogP contribution < -0.4 is 0 Å². The minimum Gasteiger partial charge on any atom is -0.456 e. The van der Waals surface area contributed by atoms with Gasteiger partial charge in [-0.1, -0.05) is 48.5 Å². The molecule has 0 atom stereocenters. The number of aromatic nitrogens is 2. The lowest BCUT2D eigenvalue weighted by molar-refractivity contribution is 0.668. The van der Waals surface area contributed by atoms with Gasteiger partial charge in [-0.05, 0) is 54.1 Å². The quantitative estimate of drug-likeness (QED) is 0.251. The lowest BCUT2D eigenvalue weighted by atomic mass is 10.0. The molecule has 0 aliphatic carbocycles. The monoisotopic (exact) mass is 446 g/mol. The third-order valence-electron chi connectivity index (χ3n) is 6.05. The Morgan fingerprint density at radius 3 is 1.45 bits per heavy atom. The summed E-state index contributed by atoms with van der Waals surface area (Å²) in [5.74, 6) is 0. The SMILES string of the molecule is Clc1nc(-c2ccc3c(c2)oc2ccccc23)cc(-c2ccc3c(c2)oc2ccccc23)n1. The molecule has 3 aromatic heterocycles. The number of fused-ring (bicyclic) bond motifs is 6. The number of nitrogens with zero attached hydrogens (tertiary/aromatic N) is 2. The summed E-state index contributed by atoms with van der Waals surface area (Å²) in [6.07, 6.45) is 0. The minimum absolute atomic E-state index is 0.192. The normalized spacial score (nSPS) is 11.8. The van der Waals surface area contributed by atoms with Crippen molar-refractivity contribution in [3.05, 3.63) is 96.3 Å². The Morgan fingerprint density at radius 2 is 0.939 bits per heavy atom. The topological polar surface area (TPSA) is 52.1 Å². The maximum Gasteiger partial charge on any atom is 0.223 e. The number of rotatable bonds is 2. The fourth-order valence-corrected chi connectivity index (χ4v) is 4.67. The average molecular weight is 447 g/mol. The molecule has 0 N–H and O–H groups in total. The van der Waals surface area contributed by atoms with Crippen LogP contribution in [0.2, 0.25) is 5.28 Å². The first kappa shape index (κ1) is 18.4. The van der Waals surface area contributed by atoms with Gasteiger partial charge >= 0.3 is 0 Å². The van der Waals surface area contributed by atoms with Gasteiger partial charge in [0.25, 0.3) is 0 Å². The zero-order chi connectivity index (χ0) is 21.9. The third kappa shape index (κ3) is 2.92. The molecule has 0 unspecified atom stereocenters. The highest BCUT2D eigenvalue weighted by Crippen LogP contribution is 2.35. The fourth-order valence-electron chi connectivity index (χ4n) is 4.48. The van der Waals surface area contributed by atoms with Crippen LogP contribution >= 0.6 is 11.6 Å². The number of hydrogen-bond donors (Lipinski definition) is 0. The summed E-state index contributed by atoms with van der Waals surface area (Å²) in [5, 5.41) is 4.53. The van der Waals surface area contributed by atoms with Crippen LogP contribution in [-0.2, 0) is 0 Å². The maximum absolute atomic E-state index is 6.35. The molecule has 0 saturated heterocycles. The van der Waals surface area contributed by atoms with Crippen LogP contribution in [0.4, 0.5) is 0 Å². The lowest BCUT2D eigenvalue weighted by Crippen LogP contribution is -1.92. The molecular formula is C28H15ClN2O2. The molecular weight excluding hydrogens is 432 g/mol. The molecule has 0 aliphatic heterocycles. The van der Waals surface area contributed by atoms with Gasteiger partial charge in [-0.2, -0.15) is 0 Å². The Labute approximate surface area is 193 Å². The number of para-hydroxylation sites is 2. The highest BCUT2D eigenvalue weighted by Gasteiger charge is 2.13. The highest BCUT2D eigenvalue weighted by atomic mass is 35.5. The summed E-state index contributed by atoms with van der Waals surface area (Å²) in [5.41, 5.74) is 6.65. The Bertz CT molecular complexity index is 1720. The van der Waals surface area contributed by atoms with Crippen molar-refractivity contribution in [2.24, 2.45) is 0 Å². The van der Waals surface area contributed by atoms with E-state index in [9.17, 15) is 0 Å². The van der Waals surface area contributed by atoms with Gasteiger partial charge in [0.05, 0.1) is 11.4 Å². The zero-order valence-corrected chi connectivity index (χ0v) is 18.0. The largest absolute Gasteiger partial charge is 0.456 e. The molecule has 5 heteroatoms. The van der Waals surface area contributed by atoms with E-state index >= 15 is 0 Å². The predicted molar refractivity (Wildman–Crippen MR) is 132 cm³/mol. The van der Waals surface area contributed by atoms with Crippen LogP contribution in [0.5, 0.6) is 0 Å². The van der Waals surface area contributed by atoms with Crippen LogP contribution in [0.25, 0.3) is 66.4 Å². The molecule has 0 bridgehead atoms. The van der Waals surface area contributed by atoms with E-state index in [1.807, 2.05) is 66.7 Å². The van der Waals surface area contributed by atoms with Crippen molar-refractivity contribution in [1.82, 2.24) is 9.97 Å². The molecule has 7 aromatic rings. The molecule has 0 radical (unpaired) electrons. The van der Waals surface area contributed by atoms with E-state index in [0.717, 1.165) is 66.4 Å². The van der Waals surface area contributed by atoms with Crippen LogP contribution in [-0.4, -0.2) is 9.97 Å². The molecule has 0 fully saturated rings. The van der Waals surface area contributed by atoms with E-state index in [0.29, 0.717) is 0 Å². The van der Waals surface area contributed by atoms with Gasteiger partial charge in [0.15, 0.2) is 0 Å². The molecule has 33 heavy (non-hydrogen) atoms. The van der Waals surface area contributed by atoms with Gasteiger partial charge in [-0.25, -0.2) is 9.97 Å². The van der Waals surface area contributed by atoms with Crippen LogP contribution in [0, 0.1) is 0 Å². The highest BCUT2D eigenvalue weighted by molar-refractivity contribution is 6.28.